The number of carbonyl (C=O) groups excluding carboxylic acids is 1. The minimum atomic E-state index is -2.98. The summed E-state index contributed by atoms with van der Waals surface area (Å²) < 4.78 is 23.1. The van der Waals surface area contributed by atoms with Crippen LogP contribution in [-0.4, -0.2) is 48.8 Å². The summed E-state index contributed by atoms with van der Waals surface area (Å²) in [6.07, 6.45) is 2.69. The van der Waals surface area contributed by atoms with Gasteiger partial charge in [-0.1, -0.05) is 12.1 Å². The number of nitrogens with one attached hydrogen (secondary N) is 1. The molecule has 1 N–H and O–H groups in total. The van der Waals surface area contributed by atoms with Crippen LogP contribution in [0.3, 0.4) is 0 Å². The van der Waals surface area contributed by atoms with Crippen LogP contribution in [0.1, 0.15) is 17.5 Å². The number of amides is 1. The molecule has 2 aromatic rings. The van der Waals surface area contributed by atoms with Crippen molar-refractivity contribution < 1.29 is 13.2 Å². The Hall–Kier alpha value is -1.82. The van der Waals surface area contributed by atoms with Crippen LogP contribution in [0, 0.1) is 6.92 Å². The molecule has 1 fully saturated rings. The standard InChI is InChI=1S/C16H20N2O3S/c1-11-3-4-14-12(9-17-15(14)7-11)8-16(19)18(2)13-5-6-22(20,21)10-13/h3-4,7,9,13,17H,5-6,8,10H2,1-2H3. The average molecular weight is 320 g/mol. The van der Waals surface area contributed by atoms with E-state index in [1.54, 1.807) is 11.9 Å². The van der Waals surface area contributed by atoms with Gasteiger partial charge < -0.3 is 9.88 Å². The minimum absolute atomic E-state index is 0.0384. The maximum Gasteiger partial charge on any atom is 0.227 e. The first-order valence-electron chi connectivity index (χ1n) is 7.38. The molecule has 1 unspecified atom stereocenters. The van der Waals surface area contributed by atoms with Gasteiger partial charge in [-0.2, -0.15) is 0 Å². The van der Waals surface area contributed by atoms with Crippen molar-refractivity contribution in [3.05, 3.63) is 35.5 Å². The number of benzene rings is 1. The zero-order valence-electron chi connectivity index (χ0n) is 12.8. The van der Waals surface area contributed by atoms with Gasteiger partial charge in [-0.15, -0.1) is 0 Å². The second-order valence-electron chi connectivity index (χ2n) is 6.10. The summed E-state index contributed by atoms with van der Waals surface area (Å²) in [5, 5.41) is 1.05. The molecule has 0 saturated carbocycles. The summed E-state index contributed by atoms with van der Waals surface area (Å²) in [4.78, 5) is 17.2. The Balaban J connectivity index is 1.76. The lowest BCUT2D eigenvalue weighted by Gasteiger charge is -2.23. The van der Waals surface area contributed by atoms with Crippen LogP contribution in [-0.2, 0) is 21.1 Å². The number of nitrogens with zero attached hydrogens (tertiary/aromatic N) is 1. The lowest BCUT2D eigenvalue weighted by molar-refractivity contribution is -0.130. The molecule has 1 aromatic heterocycles. The number of carbonyl (C=O) groups is 1. The zero-order valence-corrected chi connectivity index (χ0v) is 13.6. The topological polar surface area (TPSA) is 70.2 Å². The number of aryl methyl sites for hydroxylation is 1. The molecule has 1 aromatic carbocycles. The van der Waals surface area contributed by atoms with Gasteiger partial charge in [0, 0.05) is 30.2 Å². The van der Waals surface area contributed by atoms with E-state index in [4.69, 9.17) is 0 Å². The Morgan fingerprint density at radius 1 is 1.41 bits per heavy atom. The fraction of sp³-hybridized carbons (Fsp3) is 0.438. The first kappa shape index (κ1) is 15.1. The molecule has 22 heavy (non-hydrogen) atoms. The molecule has 0 spiro atoms. The van der Waals surface area contributed by atoms with Crippen molar-refractivity contribution in [2.75, 3.05) is 18.6 Å². The molecule has 118 valence electrons. The van der Waals surface area contributed by atoms with Crippen molar-refractivity contribution >= 4 is 26.6 Å². The fourth-order valence-electron chi connectivity index (χ4n) is 3.02. The molecule has 0 aliphatic carbocycles. The van der Waals surface area contributed by atoms with Crippen LogP contribution in [0.4, 0.5) is 0 Å². The normalized spacial score (nSPS) is 20.4. The van der Waals surface area contributed by atoms with Crippen molar-refractivity contribution in [1.82, 2.24) is 9.88 Å². The molecule has 1 aliphatic heterocycles. The first-order valence-corrected chi connectivity index (χ1v) is 9.20. The van der Waals surface area contributed by atoms with Gasteiger partial charge in [0.1, 0.15) is 0 Å². The van der Waals surface area contributed by atoms with Crippen LogP contribution in [0.5, 0.6) is 0 Å². The average Bonchev–Trinajstić information content (AvgIpc) is 3.01. The number of aromatic amines is 1. The number of hydrogen-bond acceptors (Lipinski definition) is 3. The second kappa shape index (κ2) is 5.43. The number of rotatable bonds is 3. The number of aromatic nitrogens is 1. The molecular formula is C16H20N2O3S. The van der Waals surface area contributed by atoms with E-state index in [1.807, 2.05) is 25.3 Å². The van der Waals surface area contributed by atoms with Gasteiger partial charge in [-0.25, -0.2) is 8.42 Å². The number of likely N-dealkylation sites (N-methyl/N-ethyl adjacent to an activating group) is 1. The van der Waals surface area contributed by atoms with E-state index < -0.39 is 9.84 Å². The van der Waals surface area contributed by atoms with Crippen LogP contribution in [0.2, 0.25) is 0 Å². The molecule has 1 saturated heterocycles. The summed E-state index contributed by atoms with van der Waals surface area (Å²) in [6.45, 7) is 2.03. The van der Waals surface area contributed by atoms with E-state index in [0.717, 1.165) is 16.5 Å². The number of H-pyrrole nitrogens is 1. The quantitative estimate of drug-likeness (QED) is 0.935. The van der Waals surface area contributed by atoms with E-state index in [2.05, 4.69) is 11.1 Å². The molecule has 0 bridgehead atoms. The first-order chi connectivity index (χ1) is 10.4. The van der Waals surface area contributed by atoms with Crippen LogP contribution >= 0.6 is 0 Å². The van der Waals surface area contributed by atoms with Crippen LogP contribution in [0.25, 0.3) is 10.9 Å². The highest BCUT2D eigenvalue weighted by Crippen LogP contribution is 2.22. The molecule has 2 heterocycles. The molecule has 1 aliphatic rings. The predicted octanol–water partition coefficient (Wildman–Crippen LogP) is 1.66. The lowest BCUT2D eigenvalue weighted by atomic mass is 10.1. The molecule has 3 rings (SSSR count). The van der Waals surface area contributed by atoms with Crippen LogP contribution in [0.15, 0.2) is 24.4 Å². The van der Waals surface area contributed by atoms with E-state index in [9.17, 15) is 13.2 Å². The Morgan fingerprint density at radius 3 is 2.86 bits per heavy atom. The molecule has 1 atom stereocenters. The molecule has 0 radical (unpaired) electrons. The van der Waals surface area contributed by atoms with Gasteiger partial charge in [0.25, 0.3) is 0 Å². The number of fused-ring (bicyclic) bond motifs is 1. The SMILES string of the molecule is Cc1ccc2c(CC(=O)N(C)C3CCS(=O)(=O)C3)c[nH]c2c1. The number of sulfone groups is 1. The molecule has 6 heteroatoms. The molecule has 5 nitrogen and oxygen atoms in total. The van der Waals surface area contributed by atoms with Crippen molar-refractivity contribution in [3.8, 4) is 0 Å². The van der Waals surface area contributed by atoms with Gasteiger partial charge >= 0.3 is 0 Å². The van der Waals surface area contributed by atoms with Crippen molar-refractivity contribution in [1.29, 1.82) is 0 Å². The molecular weight excluding hydrogens is 300 g/mol. The minimum Gasteiger partial charge on any atom is -0.361 e. The van der Waals surface area contributed by atoms with E-state index in [-0.39, 0.29) is 29.9 Å². The Morgan fingerprint density at radius 2 is 2.18 bits per heavy atom. The van der Waals surface area contributed by atoms with E-state index in [1.165, 1.54) is 5.56 Å². The number of hydrogen-bond donors (Lipinski definition) is 1. The third-order valence-electron chi connectivity index (χ3n) is 4.41. The van der Waals surface area contributed by atoms with Gasteiger partial charge in [-0.05, 0) is 30.5 Å². The summed E-state index contributed by atoms with van der Waals surface area (Å²) in [6, 6.07) is 5.91. The third kappa shape index (κ3) is 2.88. The van der Waals surface area contributed by atoms with E-state index >= 15 is 0 Å². The van der Waals surface area contributed by atoms with Crippen molar-refractivity contribution in [3.63, 3.8) is 0 Å². The zero-order chi connectivity index (χ0) is 15.9. The fourth-order valence-corrected chi connectivity index (χ4v) is 4.79. The summed E-state index contributed by atoms with van der Waals surface area (Å²) >= 11 is 0. The highest BCUT2D eigenvalue weighted by Gasteiger charge is 2.32. The van der Waals surface area contributed by atoms with Gasteiger partial charge in [0.2, 0.25) is 5.91 Å². The molecule has 1 amide bonds. The summed E-state index contributed by atoms with van der Waals surface area (Å²) in [5.41, 5.74) is 3.14. The second-order valence-corrected chi connectivity index (χ2v) is 8.33. The van der Waals surface area contributed by atoms with Crippen LogP contribution < -0.4 is 0 Å². The predicted molar refractivity (Wildman–Crippen MR) is 86.6 cm³/mol. The third-order valence-corrected chi connectivity index (χ3v) is 6.16. The summed E-state index contributed by atoms with van der Waals surface area (Å²) in [7, 11) is -1.27. The van der Waals surface area contributed by atoms with Crippen molar-refractivity contribution in [2.45, 2.75) is 25.8 Å². The highest BCUT2D eigenvalue weighted by atomic mass is 32.2. The monoisotopic (exact) mass is 320 g/mol. The highest BCUT2D eigenvalue weighted by molar-refractivity contribution is 7.91. The Kier molecular flexibility index (Phi) is 3.72. The largest absolute Gasteiger partial charge is 0.361 e. The smallest absolute Gasteiger partial charge is 0.227 e. The maximum absolute atomic E-state index is 12.4. The van der Waals surface area contributed by atoms with E-state index in [0.29, 0.717) is 6.42 Å². The lowest BCUT2D eigenvalue weighted by Crippen LogP contribution is -2.38. The van der Waals surface area contributed by atoms with Crippen molar-refractivity contribution in [2.24, 2.45) is 0 Å². The van der Waals surface area contributed by atoms with Gasteiger partial charge in [0.15, 0.2) is 9.84 Å². The maximum atomic E-state index is 12.4. The van der Waals surface area contributed by atoms with Gasteiger partial charge in [0.05, 0.1) is 17.9 Å². The Bertz CT molecular complexity index is 823. The van der Waals surface area contributed by atoms with Gasteiger partial charge in [-0.3, -0.25) is 4.79 Å². The summed E-state index contributed by atoms with van der Waals surface area (Å²) in [5.74, 6) is 0.229. The Labute approximate surface area is 130 Å².